The van der Waals surface area contributed by atoms with E-state index in [9.17, 15) is 4.39 Å². The quantitative estimate of drug-likeness (QED) is 0.524. The number of hydrogen-bond donors (Lipinski definition) is 2. The molecule has 54 valence electrons. The van der Waals surface area contributed by atoms with E-state index < -0.39 is 6.17 Å². The van der Waals surface area contributed by atoms with Gasteiger partial charge in [-0.25, -0.2) is 4.39 Å². The van der Waals surface area contributed by atoms with E-state index in [1.165, 1.54) is 0 Å². The van der Waals surface area contributed by atoms with Gasteiger partial charge in [0, 0.05) is 19.1 Å². The molecule has 0 radical (unpaired) electrons. The number of nitrogens with one attached hydrogen (secondary N) is 1. The molecule has 0 aromatic rings. The van der Waals surface area contributed by atoms with E-state index in [0.717, 1.165) is 13.0 Å². The zero-order valence-electron chi connectivity index (χ0n) is 5.31. The molecule has 0 amide bonds. The Balaban J connectivity index is 2.30. The van der Waals surface area contributed by atoms with Crippen LogP contribution in [0.1, 0.15) is 6.42 Å². The number of halogens is 1. The molecule has 3 heteroatoms. The fourth-order valence-corrected chi connectivity index (χ4v) is 1.08. The van der Waals surface area contributed by atoms with Crippen molar-refractivity contribution in [2.45, 2.75) is 12.6 Å². The monoisotopic (exact) mass is 133 g/mol. The first-order chi connectivity index (χ1) is 4.34. The maximum Gasteiger partial charge on any atom is 0.118 e. The predicted octanol–water partition coefficient (Wildman–Crippen LogP) is -0.0737. The van der Waals surface area contributed by atoms with Gasteiger partial charge in [0.1, 0.15) is 6.17 Å². The Morgan fingerprint density at radius 3 is 2.89 bits per heavy atom. The van der Waals surface area contributed by atoms with Crippen LogP contribution in [0.25, 0.3) is 0 Å². The summed E-state index contributed by atoms with van der Waals surface area (Å²) in [5.41, 5.74) is 0. The molecule has 0 unspecified atom stereocenters. The molecule has 1 heterocycles. The van der Waals surface area contributed by atoms with Crippen LogP contribution in [0.3, 0.4) is 0 Å². The van der Waals surface area contributed by atoms with Gasteiger partial charge in [-0.1, -0.05) is 0 Å². The van der Waals surface area contributed by atoms with Crippen LogP contribution in [-0.2, 0) is 0 Å². The fraction of sp³-hybridized carbons (Fsp3) is 1.00. The van der Waals surface area contributed by atoms with Gasteiger partial charge in [0.15, 0.2) is 0 Å². The minimum atomic E-state index is -0.844. The highest BCUT2D eigenvalue weighted by molar-refractivity contribution is 4.76. The van der Waals surface area contributed by atoms with E-state index >= 15 is 0 Å². The minimum absolute atomic E-state index is 0.0111. The number of piperidine rings is 1. The first kappa shape index (κ1) is 6.96. The van der Waals surface area contributed by atoms with Crippen molar-refractivity contribution in [1.82, 2.24) is 5.32 Å². The highest BCUT2D eigenvalue weighted by Crippen LogP contribution is 2.13. The smallest absolute Gasteiger partial charge is 0.118 e. The molecule has 0 bridgehead atoms. The number of aliphatic hydroxyl groups is 1. The second-order valence-corrected chi connectivity index (χ2v) is 2.45. The second kappa shape index (κ2) is 3.13. The van der Waals surface area contributed by atoms with Crippen molar-refractivity contribution in [3.63, 3.8) is 0 Å². The van der Waals surface area contributed by atoms with Crippen molar-refractivity contribution in [3.8, 4) is 0 Å². The summed E-state index contributed by atoms with van der Waals surface area (Å²) in [5, 5.41) is 11.5. The van der Waals surface area contributed by atoms with Gasteiger partial charge in [-0.2, -0.15) is 0 Å². The zero-order valence-corrected chi connectivity index (χ0v) is 5.31. The molecule has 1 fully saturated rings. The summed E-state index contributed by atoms with van der Waals surface area (Å²) in [6.45, 7) is 1.24. The molecule has 2 atom stereocenters. The largest absolute Gasteiger partial charge is 0.396 e. The van der Waals surface area contributed by atoms with Crippen LogP contribution >= 0.6 is 0 Å². The number of alkyl halides is 1. The third kappa shape index (κ3) is 1.63. The summed E-state index contributed by atoms with van der Waals surface area (Å²) in [7, 11) is 0. The SMILES string of the molecule is OC[C@@H]1CCNC[C@H]1F. The summed E-state index contributed by atoms with van der Waals surface area (Å²) >= 11 is 0. The van der Waals surface area contributed by atoms with E-state index in [-0.39, 0.29) is 12.5 Å². The molecule has 2 nitrogen and oxygen atoms in total. The van der Waals surface area contributed by atoms with Crippen LogP contribution in [0.15, 0.2) is 0 Å². The Morgan fingerprint density at radius 2 is 2.44 bits per heavy atom. The lowest BCUT2D eigenvalue weighted by Gasteiger charge is -2.24. The molecule has 1 aliphatic rings. The molecule has 0 saturated carbocycles. The van der Waals surface area contributed by atoms with Gasteiger partial charge in [-0.3, -0.25) is 0 Å². The summed E-state index contributed by atoms with van der Waals surface area (Å²) in [5.74, 6) is -0.119. The van der Waals surface area contributed by atoms with Crippen LogP contribution in [0.4, 0.5) is 4.39 Å². The molecule has 1 aliphatic heterocycles. The Kier molecular flexibility index (Phi) is 2.42. The van der Waals surface area contributed by atoms with Crippen molar-refractivity contribution >= 4 is 0 Å². The summed E-state index contributed by atoms with van der Waals surface area (Å²) < 4.78 is 12.6. The Labute approximate surface area is 54.1 Å². The summed E-state index contributed by atoms with van der Waals surface area (Å²) in [6.07, 6.45) is -0.0822. The van der Waals surface area contributed by atoms with Crippen LogP contribution in [0, 0.1) is 5.92 Å². The average molecular weight is 133 g/mol. The Hall–Kier alpha value is -0.150. The normalized spacial score (nSPS) is 36.7. The molecule has 0 spiro atoms. The van der Waals surface area contributed by atoms with Crippen LogP contribution in [0.5, 0.6) is 0 Å². The molecule has 1 rings (SSSR count). The minimum Gasteiger partial charge on any atom is -0.396 e. The van der Waals surface area contributed by atoms with E-state index in [1.807, 2.05) is 0 Å². The summed E-state index contributed by atoms with van der Waals surface area (Å²) in [4.78, 5) is 0. The molecule has 0 aliphatic carbocycles. The lowest BCUT2D eigenvalue weighted by molar-refractivity contribution is 0.111. The Morgan fingerprint density at radius 1 is 1.67 bits per heavy atom. The lowest BCUT2D eigenvalue weighted by Crippen LogP contribution is -2.39. The maximum absolute atomic E-state index is 12.6. The van der Waals surface area contributed by atoms with E-state index in [1.54, 1.807) is 0 Å². The van der Waals surface area contributed by atoms with Gasteiger partial charge in [-0.05, 0) is 13.0 Å². The van der Waals surface area contributed by atoms with Gasteiger partial charge in [0.25, 0.3) is 0 Å². The number of aliphatic hydroxyl groups excluding tert-OH is 1. The van der Waals surface area contributed by atoms with Crippen LogP contribution in [0.2, 0.25) is 0 Å². The van der Waals surface area contributed by atoms with Gasteiger partial charge >= 0.3 is 0 Å². The van der Waals surface area contributed by atoms with E-state index in [0.29, 0.717) is 6.54 Å². The van der Waals surface area contributed by atoms with Crippen molar-refractivity contribution in [3.05, 3.63) is 0 Å². The Bertz CT molecular complexity index is 89.1. The van der Waals surface area contributed by atoms with Crippen molar-refractivity contribution in [2.75, 3.05) is 19.7 Å². The molecule has 0 aromatic carbocycles. The third-order valence-corrected chi connectivity index (χ3v) is 1.78. The summed E-state index contributed by atoms with van der Waals surface area (Å²) in [6, 6.07) is 0. The molecule has 9 heavy (non-hydrogen) atoms. The molecular weight excluding hydrogens is 121 g/mol. The van der Waals surface area contributed by atoms with E-state index in [2.05, 4.69) is 5.32 Å². The maximum atomic E-state index is 12.6. The number of rotatable bonds is 1. The van der Waals surface area contributed by atoms with E-state index in [4.69, 9.17) is 5.11 Å². The topological polar surface area (TPSA) is 32.3 Å². The molecule has 0 aromatic heterocycles. The van der Waals surface area contributed by atoms with Gasteiger partial charge in [-0.15, -0.1) is 0 Å². The highest BCUT2D eigenvalue weighted by atomic mass is 19.1. The van der Waals surface area contributed by atoms with Gasteiger partial charge in [0.05, 0.1) is 0 Å². The second-order valence-electron chi connectivity index (χ2n) is 2.45. The lowest BCUT2D eigenvalue weighted by atomic mass is 9.97. The van der Waals surface area contributed by atoms with Crippen LogP contribution in [-0.4, -0.2) is 31.0 Å². The van der Waals surface area contributed by atoms with Crippen LogP contribution < -0.4 is 5.32 Å². The average Bonchev–Trinajstić information content (AvgIpc) is 1.89. The molecular formula is C6H12FNO. The first-order valence-electron chi connectivity index (χ1n) is 3.30. The predicted molar refractivity (Wildman–Crippen MR) is 33.0 cm³/mol. The van der Waals surface area contributed by atoms with Gasteiger partial charge in [0.2, 0.25) is 0 Å². The first-order valence-corrected chi connectivity index (χ1v) is 3.30. The fourth-order valence-electron chi connectivity index (χ4n) is 1.08. The third-order valence-electron chi connectivity index (χ3n) is 1.78. The standard InChI is InChI=1S/C6H12FNO/c7-6-3-8-2-1-5(6)4-9/h5-6,8-9H,1-4H2/t5-,6+/m0/s1. The molecule has 2 N–H and O–H groups in total. The highest BCUT2D eigenvalue weighted by Gasteiger charge is 2.22. The van der Waals surface area contributed by atoms with Crippen molar-refractivity contribution in [2.24, 2.45) is 5.92 Å². The molecule has 1 saturated heterocycles. The van der Waals surface area contributed by atoms with Crippen molar-refractivity contribution in [1.29, 1.82) is 0 Å². The zero-order chi connectivity index (χ0) is 6.69. The number of hydrogen-bond acceptors (Lipinski definition) is 2. The van der Waals surface area contributed by atoms with Crippen molar-refractivity contribution < 1.29 is 9.50 Å². The van der Waals surface area contributed by atoms with Gasteiger partial charge < -0.3 is 10.4 Å².